The molecule has 1 N–H and O–H groups in total. The van der Waals surface area contributed by atoms with E-state index in [9.17, 15) is 14.4 Å². The van der Waals surface area contributed by atoms with Crippen molar-refractivity contribution in [1.29, 1.82) is 0 Å². The zero-order valence-corrected chi connectivity index (χ0v) is 16.6. The Morgan fingerprint density at radius 3 is 2.62 bits per heavy atom. The Hall–Kier alpha value is -3.53. The second-order valence-electron chi connectivity index (χ2n) is 6.59. The zero-order chi connectivity index (χ0) is 20.5. The van der Waals surface area contributed by atoms with Crippen molar-refractivity contribution in [2.75, 3.05) is 5.32 Å². The summed E-state index contributed by atoms with van der Waals surface area (Å²) in [5.41, 5.74) is 0.651. The van der Waals surface area contributed by atoms with E-state index in [-0.39, 0.29) is 23.6 Å². The molecule has 0 atom stereocenters. The summed E-state index contributed by atoms with van der Waals surface area (Å²) >= 11 is 1.40. The fourth-order valence-corrected chi connectivity index (χ4v) is 3.94. The molecule has 29 heavy (non-hydrogen) atoms. The number of anilines is 1. The number of carbonyl (C=O) groups excluding carboxylic acids is 1. The van der Waals surface area contributed by atoms with Crippen LogP contribution in [0.4, 0.5) is 5.13 Å². The van der Waals surface area contributed by atoms with Crippen LogP contribution in [0.25, 0.3) is 11.2 Å². The second kappa shape index (κ2) is 7.47. The third kappa shape index (κ3) is 3.61. The molecule has 0 aliphatic carbocycles. The van der Waals surface area contributed by atoms with Gasteiger partial charge in [-0.15, -0.1) is 11.3 Å². The Labute approximate surface area is 168 Å². The van der Waals surface area contributed by atoms with Gasteiger partial charge in [-0.05, 0) is 5.56 Å². The Kier molecular flexibility index (Phi) is 4.85. The van der Waals surface area contributed by atoms with Gasteiger partial charge in [0.25, 0.3) is 5.56 Å². The Morgan fingerprint density at radius 2 is 1.86 bits per heavy atom. The van der Waals surface area contributed by atoms with Gasteiger partial charge in [0.2, 0.25) is 5.91 Å². The molecule has 0 aliphatic heterocycles. The number of thiazole rings is 1. The third-order valence-electron chi connectivity index (χ3n) is 4.55. The van der Waals surface area contributed by atoms with Crippen molar-refractivity contribution < 1.29 is 4.79 Å². The molecular weight excluding hydrogens is 392 g/mol. The van der Waals surface area contributed by atoms with Crippen molar-refractivity contribution >= 4 is 33.5 Å². The lowest BCUT2D eigenvalue weighted by Gasteiger charge is -2.06. The second-order valence-corrected chi connectivity index (χ2v) is 7.71. The standard InChI is InChI=1S/C19H18N6O3S/c1-23-16-15(17(27)24(2)19(23)28)25(11-21-16)10-14(26)22-18-20-9-13(29-18)8-12-6-4-3-5-7-12/h3-7,9,11H,8,10H2,1-2H3,(H,20,22,26). The quantitative estimate of drug-likeness (QED) is 0.531. The van der Waals surface area contributed by atoms with E-state index in [1.54, 1.807) is 6.20 Å². The van der Waals surface area contributed by atoms with Crippen molar-refractivity contribution in [2.45, 2.75) is 13.0 Å². The smallest absolute Gasteiger partial charge is 0.315 e. The lowest BCUT2D eigenvalue weighted by Crippen LogP contribution is -2.37. The largest absolute Gasteiger partial charge is 0.332 e. The summed E-state index contributed by atoms with van der Waals surface area (Å²) in [5.74, 6) is -0.333. The van der Waals surface area contributed by atoms with E-state index in [4.69, 9.17) is 0 Å². The van der Waals surface area contributed by atoms with Gasteiger partial charge < -0.3 is 9.88 Å². The predicted molar refractivity (Wildman–Crippen MR) is 110 cm³/mol. The zero-order valence-electron chi connectivity index (χ0n) is 15.8. The number of carbonyl (C=O) groups is 1. The summed E-state index contributed by atoms with van der Waals surface area (Å²) in [6.07, 6.45) is 3.86. The third-order valence-corrected chi connectivity index (χ3v) is 5.47. The number of aryl methyl sites for hydroxylation is 1. The molecule has 9 nitrogen and oxygen atoms in total. The number of aromatic nitrogens is 5. The first-order valence-electron chi connectivity index (χ1n) is 8.83. The molecule has 0 aliphatic rings. The van der Waals surface area contributed by atoms with Gasteiger partial charge in [0.05, 0.1) is 6.33 Å². The van der Waals surface area contributed by atoms with Gasteiger partial charge in [-0.1, -0.05) is 30.3 Å². The van der Waals surface area contributed by atoms with Crippen LogP contribution in [0.3, 0.4) is 0 Å². The van der Waals surface area contributed by atoms with E-state index in [0.29, 0.717) is 5.13 Å². The highest BCUT2D eigenvalue weighted by Crippen LogP contribution is 2.21. The van der Waals surface area contributed by atoms with Gasteiger partial charge in [-0.2, -0.15) is 0 Å². The Balaban J connectivity index is 1.51. The average Bonchev–Trinajstić information content (AvgIpc) is 3.32. The number of fused-ring (bicyclic) bond motifs is 1. The maximum atomic E-state index is 12.5. The highest BCUT2D eigenvalue weighted by molar-refractivity contribution is 7.15. The first kappa shape index (κ1) is 18.8. The number of hydrogen-bond acceptors (Lipinski definition) is 6. The number of imidazole rings is 1. The first-order chi connectivity index (χ1) is 13.9. The number of hydrogen-bond donors (Lipinski definition) is 1. The number of amides is 1. The normalized spacial score (nSPS) is 11.1. The summed E-state index contributed by atoms with van der Waals surface area (Å²) in [5, 5.41) is 3.24. The topological polar surface area (TPSA) is 104 Å². The minimum atomic E-state index is -0.493. The van der Waals surface area contributed by atoms with Crippen molar-refractivity contribution in [3.05, 3.63) is 74.1 Å². The molecule has 0 fully saturated rings. The monoisotopic (exact) mass is 410 g/mol. The lowest BCUT2D eigenvalue weighted by molar-refractivity contribution is -0.116. The van der Waals surface area contributed by atoms with Crippen LogP contribution in [0.1, 0.15) is 10.4 Å². The first-order valence-corrected chi connectivity index (χ1v) is 9.65. The van der Waals surface area contributed by atoms with Crippen molar-refractivity contribution in [1.82, 2.24) is 23.7 Å². The van der Waals surface area contributed by atoms with Gasteiger partial charge in [-0.3, -0.25) is 18.7 Å². The molecular formula is C19H18N6O3S. The van der Waals surface area contributed by atoms with Gasteiger partial charge in [0.1, 0.15) is 6.54 Å². The summed E-state index contributed by atoms with van der Waals surface area (Å²) in [4.78, 5) is 46.3. The number of nitrogens with one attached hydrogen (secondary N) is 1. The number of benzene rings is 1. The Morgan fingerprint density at radius 1 is 1.10 bits per heavy atom. The fourth-order valence-electron chi connectivity index (χ4n) is 3.07. The van der Waals surface area contributed by atoms with Crippen LogP contribution in [0.15, 0.2) is 52.4 Å². The molecule has 10 heteroatoms. The maximum Gasteiger partial charge on any atom is 0.332 e. The molecule has 3 aromatic heterocycles. The molecule has 0 saturated heterocycles. The predicted octanol–water partition coefficient (Wildman–Crippen LogP) is 1.12. The molecule has 0 radical (unpaired) electrons. The van der Waals surface area contributed by atoms with Crippen LogP contribution in [0.5, 0.6) is 0 Å². The van der Waals surface area contributed by atoms with E-state index < -0.39 is 11.2 Å². The van der Waals surface area contributed by atoms with Crippen LogP contribution in [-0.2, 0) is 31.9 Å². The number of nitrogens with zero attached hydrogens (tertiary/aromatic N) is 5. The highest BCUT2D eigenvalue weighted by Gasteiger charge is 2.16. The molecule has 1 amide bonds. The molecule has 4 aromatic rings. The van der Waals surface area contributed by atoms with Gasteiger partial charge in [0.15, 0.2) is 16.3 Å². The fraction of sp³-hybridized carbons (Fsp3) is 0.211. The number of rotatable bonds is 5. The Bertz CT molecular complexity index is 1320. The highest BCUT2D eigenvalue weighted by atomic mass is 32.1. The molecule has 0 spiro atoms. The summed E-state index contributed by atoms with van der Waals surface area (Å²) in [7, 11) is 2.93. The van der Waals surface area contributed by atoms with Crippen LogP contribution in [-0.4, -0.2) is 29.6 Å². The molecule has 0 bridgehead atoms. The van der Waals surface area contributed by atoms with E-state index in [2.05, 4.69) is 15.3 Å². The molecule has 4 rings (SSSR count). The van der Waals surface area contributed by atoms with E-state index in [0.717, 1.165) is 15.9 Å². The molecule has 0 saturated carbocycles. The van der Waals surface area contributed by atoms with E-state index >= 15 is 0 Å². The van der Waals surface area contributed by atoms with Crippen LogP contribution in [0, 0.1) is 0 Å². The summed E-state index contributed by atoms with van der Waals surface area (Å²) in [6, 6.07) is 10.0. The molecule has 3 heterocycles. The van der Waals surface area contributed by atoms with Gasteiger partial charge >= 0.3 is 5.69 Å². The SMILES string of the molecule is Cn1c(=O)c2c(ncn2CC(=O)Nc2ncc(Cc3ccccc3)s2)n(C)c1=O. The summed E-state index contributed by atoms with van der Waals surface area (Å²) in [6.45, 7) is -0.114. The molecule has 1 aromatic carbocycles. The van der Waals surface area contributed by atoms with Crippen molar-refractivity contribution in [2.24, 2.45) is 14.1 Å². The lowest BCUT2D eigenvalue weighted by atomic mass is 10.1. The van der Waals surface area contributed by atoms with Gasteiger partial charge in [0, 0.05) is 31.6 Å². The van der Waals surface area contributed by atoms with Gasteiger partial charge in [-0.25, -0.2) is 14.8 Å². The summed E-state index contributed by atoms with van der Waals surface area (Å²) < 4.78 is 3.71. The van der Waals surface area contributed by atoms with Crippen molar-refractivity contribution in [3.63, 3.8) is 0 Å². The molecule has 148 valence electrons. The van der Waals surface area contributed by atoms with E-state index in [1.165, 1.54) is 46.5 Å². The minimum Gasteiger partial charge on any atom is -0.315 e. The van der Waals surface area contributed by atoms with Crippen LogP contribution in [0.2, 0.25) is 0 Å². The van der Waals surface area contributed by atoms with E-state index in [1.807, 2.05) is 30.3 Å². The van der Waals surface area contributed by atoms with Crippen LogP contribution >= 0.6 is 11.3 Å². The minimum absolute atomic E-state index is 0.114. The molecule has 0 unspecified atom stereocenters. The maximum absolute atomic E-state index is 12.5. The van der Waals surface area contributed by atoms with Crippen LogP contribution < -0.4 is 16.6 Å². The van der Waals surface area contributed by atoms with Crippen molar-refractivity contribution in [3.8, 4) is 0 Å². The average molecular weight is 410 g/mol.